The topological polar surface area (TPSA) is 97.5 Å². The molecule has 1 aliphatic carbocycles. The van der Waals surface area contributed by atoms with Gasteiger partial charge in [-0.25, -0.2) is 0 Å². The van der Waals surface area contributed by atoms with Gasteiger partial charge in [-0.2, -0.15) is 0 Å². The van der Waals surface area contributed by atoms with E-state index in [0.29, 0.717) is 18.4 Å². The monoisotopic (exact) mass is 277 g/mol. The molecule has 0 aromatic heterocycles. The molecule has 1 aromatic rings. The van der Waals surface area contributed by atoms with Gasteiger partial charge in [0.05, 0.1) is 4.92 Å². The largest absolute Gasteiger partial charge is 0.480 e. The summed E-state index contributed by atoms with van der Waals surface area (Å²) in [7, 11) is 0. The number of nitro groups is 1. The molecule has 0 saturated heterocycles. The van der Waals surface area contributed by atoms with Crippen LogP contribution in [0.3, 0.4) is 0 Å². The van der Waals surface area contributed by atoms with E-state index >= 15 is 0 Å². The van der Waals surface area contributed by atoms with Crippen LogP contribution in [-0.2, 0) is 16.0 Å². The van der Waals surface area contributed by atoms with Gasteiger partial charge < -0.3 is 5.11 Å². The average molecular weight is 277 g/mol. The molecular weight excluding hydrogens is 262 g/mol. The van der Waals surface area contributed by atoms with Crippen LogP contribution < -0.4 is 0 Å². The number of carboxylic acid groups (broad SMARTS) is 1. The quantitative estimate of drug-likeness (QED) is 0.517. The number of aliphatic carboxylic acids is 1. The van der Waals surface area contributed by atoms with Crippen LogP contribution in [0.5, 0.6) is 0 Å². The number of Topliss-reactive ketones (excluding diaryl/α,β-unsaturated/α-hetero) is 1. The SMILES string of the molecule is CC1CCC(Cc2ccc([N+](=O)[O-])cc2)(C(=O)O)C1=O. The second kappa shape index (κ2) is 5.03. The third-order valence-corrected chi connectivity index (χ3v) is 3.99. The lowest BCUT2D eigenvalue weighted by Crippen LogP contribution is -2.38. The molecule has 6 heteroatoms. The molecule has 20 heavy (non-hydrogen) atoms. The highest BCUT2D eigenvalue weighted by molar-refractivity contribution is 6.05. The highest BCUT2D eigenvalue weighted by Gasteiger charge is 2.51. The summed E-state index contributed by atoms with van der Waals surface area (Å²) < 4.78 is 0. The molecule has 0 radical (unpaired) electrons. The molecule has 0 aliphatic heterocycles. The zero-order valence-corrected chi connectivity index (χ0v) is 11.0. The summed E-state index contributed by atoms with van der Waals surface area (Å²) in [6, 6.07) is 5.68. The maximum Gasteiger partial charge on any atom is 0.317 e. The number of hydrogen-bond acceptors (Lipinski definition) is 4. The number of carbonyl (C=O) groups is 2. The molecule has 106 valence electrons. The molecule has 2 atom stereocenters. The number of non-ortho nitro benzene ring substituents is 1. The van der Waals surface area contributed by atoms with Crippen LogP contribution in [0.2, 0.25) is 0 Å². The van der Waals surface area contributed by atoms with E-state index in [4.69, 9.17) is 0 Å². The molecule has 1 N–H and O–H groups in total. The van der Waals surface area contributed by atoms with E-state index in [2.05, 4.69) is 0 Å². The van der Waals surface area contributed by atoms with Gasteiger partial charge in [-0.3, -0.25) is 19.7 Å². The van der Waals surface area contributed by atoms with Crippen molar-refractivity contribution in [1.29, 1.82) is 0 Å². The van der Waals surface area contributed by atoms with Crippen molar-refractivity contribution in [2.24, 2.45) is 11.3 Å². The highest BCUT2D eigenvalue weighted by Crippen LogP contribution is 2.41. The molecule has 1 saturated carbocycles. The minimum absolute atomic E-state index is 0.0516. The van der Waals surface area contributed by atoms with Crippen molar-refractivity contribution in [3.63, 3.8) is 0 Å². The summed E-state index contributed by atoms with van der Waals surface area (Å²) in [5.74, 6) is -1.60. The Morgan fingerprint density at radius 2 is 2.05 bits per heavy atom. The predicted molar refractivity (Wildman–Crippen MR) is 70.3 cm³/mol. The number of hydrogen-bond donors (Lipinski definition) is 1. The fourth-order valence-electron chi connectivity index (χ4n) is 2.74. The van der Waals surface area contributed by atoms with Crippen LogP contribution in [0.15, 0.2) is 24.3 Å². The van der Waals surface area contributed by atoms with Gasteiger partial charge in [0.25, 0.3) is 5.69 Å². The van der Waals surface area contributed by atoms with E-state index in [1.165, 1.54) is 24.3 Å². The summed E-state index contributed by atoms with van der Waals surface area (Å²) in [4.78, 5) is 33.8. The molecule has 1 aromatic carbocycles. The van der Waals surface area contributed by atoms with Crippen molar-refractivity contribution in [1.82, 2.24) is 0 Å². The van der Waals surface area contributed by atoms with Crippen LogP contribution in [0.25, 0.3) is 0 Å². The van der Waals surface area contributed by atoms with Gasteiger partial charge in [0.1, 0.15) is 5.41 Å². The lowest BCUT2D eigenvalue weighted by Gasteiger charge is -2.22. The molecule has 0 spiro atoms. The van der Waals surface area contributed by atoms with Gasteiger partial charge >= 0.3 is 5.97 Å². The normalized spacial score (nSPS) is 25.6. The Kier molecular flexibility index (Phi) is 3.57. The Hall–Kier alpha value is -2.24. The Morgan fingerprint density at radius 1 is 1.45 bits per heavy atom. The first-order valence-electron chi connectivity index (χ1n) is 6.38. The summed E-state index contributed by atoms with van der Waals surface area (Å²) in [6.45, 7) is 1.74. The second-order valence-corrected chi connectivity index (χ2v) is 5.29. The molecule has 1 fully saturated rings. The summed E-state index contributed by atoms with van der Waals surface area (Å²) in [5.41, 5.74) is -0.806. The Balaban J connectivity index is 2.28. The van der Waals surface area contributed by atoms with E-state index in [-0.39, 0.29) is 23.8 Å². The van der Waals surface area contributed by atoms with E-state index in [1.807, 2.05) is 0 Å². The van der Waals surface area contributed by atoms with Crippen LogP contribution in [-0.4, -0.2) is 21.8 Å². The summed E-state index contributed by atoms with van der Waals surface area (Å²) in [5, 5.41) is 20.0. The number of ketones is 1. The molecule has 0 bridgehead atoms. The van der Waals surface area contributed by atoms with Crippen LogP contribution in [0, 0.1) is 21.4 Å². The lowest BCUT2D eigenvalue weighted by atomic mass is 9.78. The lowest BCUT2D eigenvalue weighted by molar-refractivity contribution is -0.384. The number of nitrogens with zero attached hydrogens (tertiary/aromatic N) is 1. The molecular formula is C14H15NO5. The van der Waals surface area contributed by atoms with Gasteiger partial charge in [0, 0.05) is 18.1 Å². The second-order valence-electron chi connectivity index (χ2n) is 5.29. The van der Waals surface area contributed by atoms with Gasteiger partial charge in [-0.1, -0.05) is 19.1 Å². The van der Waals surface area contributed by atoms with Crippen LogP contribution in [0.1, 0.15) is 25.3 Å². The molecule has 0 amide bonds. The third-order valence-electron chi connectivity index (χ3n) is 3.99. The Labute approximate surface area is 115 Å². The standard InChI is InChI=1S/C14H15NO5/c1-9-6-7-14(12(9)16,13(17)18)8-10-2-4-11(5-3-10)15(19)20/h2-5,9H,6-8H2,1H3,(H,17,18). The van der Waals surface area contributed by atoms with E-state index in [0.717, 1.165) is 0 Å². The zero-order chi connectivity index (χ0) is 14.9. The first-order valence-corrected chi connectivity index (χ1v) is 6.38. The van der Waals surface area contributed by atoms with Crippen LogP contribution >= 0.6 is 0 Å². The van der Waals surface area contributed by atoms with E-state index in [9.17, 15) is 24.8 Å². The molecule has 2 rings (SSSR count). The first kappa shape index (κ1) is 14.2. The average Bonchev–Trinajstić information content (AvgIpc) is 2.69. The van der Waals surface area contributed by atoms with Crippen molar-refractivity contribution in [2.75, 3.05) is 0 Å². The number of rotatable bonds is 4. The van der Waals surface area contributed by atoms with Gasteiger partial charge in [-0.05, 0) is 24.8 Å². The molecule has 6 nitrogen and oxygen atoms in total. The maximum absolute atomic E-state index is 12.2. The number of carboxylic acids is 1. The Morgan fingerprint density at radius 3 is 2.45 bits per heavy atom. The molecule has 0 heterocycles. The fraction of sp³-hybridized carbons (Fsp3) is 0.429. The van der Waals surface area contributed by atoms with Crippen molar-refractivity contribution >= 4 is 17.4 Å². The predicted octanol–water partition coefficient (Wildman–Crippen LogP) is 2.21. The van der Waals surface area contributed by atoms with Crippen molar-refractivity contribution in [3.8, 4) is 0 Å². The van der Waals surface area contributed by atoms with Gasteiger partial charge in [-0.15, -0.1) is 0 Å². The number of carbonyl (C=O) groups excluding carboxylic acids is 1. The highest BCUT2D eigenvalue weighted by atomic mass is 16.6. The van der Waals surface area contributed by atoms with Crippen molar-refractivity contribution in [3.05, 3.63) is 39.9 Å². The summed E-state index contributed by atoms with van der Waals surface area (Å²) in [6.07, 6.45) is 0.973. The smallest absolute Gasteiger partial charge is 0.317 e. The Bertz CT molecular complexity index is 565. The summed E-state index contributed by atoms with van der Waals surface area (Å²) >= 11 is 0. The fourth-order valence-corrected chi connectivity index (χ4v) is 2.74. The van der Waals surface area contributed by atoms with Crippen LogP contribution in [0.4, 0.5) is 5.69 Å². The maximum atomic E-state index is 12.2. The molecule has 2 unspecified atom stereocenters. The van der Waals surface area contributed by atoms with Crippen molar-refractivity contribution in [2.45, 2.75) is 26.2 Å². The van der Waals surface area contributed by atoms with Gasteiger partial charge in [0.2, 0.25) is 0 Å². The van der Waals surface area contributed by atoms with Gasteiger partial charge in [0.15, 0.2) is 5.78 Å². The first-order chi connectivity index (χ1) is 9.36. The zero-order valence-electron chi connectivity index (χ0n) is 11.0. The number of benzene rings is 1. The third kappa shape index (κ3) is 2.29. The number of nitro benzene ring substituents is 1. The van der Waals surface area contributed by atoms with Crippen molar-refractivity contribution < 1.29 is 19.6 Å². The minimum atomic E-state index is -1.38. The van der Waals surface area contributed by atoms with E-state index < -0.39 is 16.3 Å². The van der Waals surface area contributed by atoms with E-state index in [1.54, 1.807) is 6.92 Å². The minimum Gasteiger partial charge on any atom is -0.480 e. The molecule has 1 aliphatic rings.